The summed E-state index contributed by atoms with van der Waals surface area (Å²) in [5.74, 6) is -1.17. The van der Waals surface area contributed by atoms with Gasteiger partial charge >= 0.3 is 11.9 Å². The molecule has 5 nitrogen and oxygen atoms in total. The van der Waals surface area contributed by atoms with Gasteiger partial charge in [-0.25, -0.2) is 0 Å². The van der Waals surface area contributed by atoms with E-state index in [9.17, 15) is 9.59 Å². The number of esters is 2. The fourth-order valence-corrected chi connectivity index (χ4v) is 3.51. The van der Waals surface area contributed by atoms with E-state index in [2.05, 4.69) is 0 Å². The van der Waals surface area contributed by atoms with Crippen LogP contribution >= 0.6 is 11.3 Å². The summed E-state index contributed by atoms with van der Waals surface area (Å²) in [5.41, 5.74) is -0.829. The van der Waals surface area contributed by atoms with Gasteiger partial charge in [-0.3, -0.25) is 9.59 Å². The van der Waals surface area contributed by atoms with Crippen molar-refractivity contribution in [1.29, 1.82) is 0 Å². The van der Waals surface area contributed by atoms with Gasteiger partial charge in [0.25, 0.3) is 0 Å². The summed E-state index contributed by atoms with van der Waals surface area (Å²) in [4.78, 5) is 25.7. The molecule has 1 fully saturated rings. The van der Waals surface area contributed by atoms with Crippen molar-refractivity contribution in [3.63, 3.8) is 0 Å². The number of carbonyl (C=O) groups excluding carboxylic acids is 2. The van der Waals surface area contributed by atoms with E-state index in [0.29, 0.717) is 5.57 Å². The fraction of sp³-hybridized carbons (Fsp3) is 0.429. The molecule has 1 aromatic heterocycles. The molecule has 2 atom stereocenters. The molecule has 6 heteroatoms. The van der Waals surface area contributed by atoms with Crippen molar-refractivity contribution in [2.24, 2.45) is 5.41 Å². The highest BCUT2D eigenvalue weighted by Crippen LogP contribution is 2.52. The van der Waals surface area contributed by atoms with Crippen LogP contribution in [0.4, 0.5) is 0 Å². The van der Waals surface area contributed by atoms with Gasteiger partial charge in [-0.05, 0) is 30.0 Å². The zero-order valence-corrected chi connectivity index (χ0v) is 11.8. The molecule has 2 unspecified atom stereocenters. The Hall–Kier alpha value is -1.66. The highest BCUT2D eigenvalue weighted by Gasteiger charge is 2.63. The maximum atomic E-state index is 12.5. The second-order valence-corrected chi connectivity index (χ2v) is 5.54. The number of hydrogen-bond donors (Lipinski definition) is 0. The van der Waals surface area contributed by atoms with Gasteiger partial charge in [-0.15, -0.1) is 11.3 Å². The van der Waals surface area contributed by atoms with Gasteiger partial charge in [0, 0.05) is 4.88 Å². The van der Waals surface area contributed by atoms with Crippen molar-refractivity contribution in [1.82, 2.24) is 0 Å². The summed E-state index contributed by atoms with van der Waals surface area (Å²) in [7, 11) is 0. The zero-order valence-electron chi connectivity index (χ0n) is 11.0. The first-order valence-electron chi connectivity index (χ1n) is 6.40. The molecule has 0 aliphatic carbocycles. The number of thiophene rings is 1. The van der Waals surface area contributed by atoms with Gasteiger partial charge < -0.3 is 14.2 Å². The lowest BCUT2D eigenvalue weighted by Gasteiger charge is -2.32. The summed E-state index contributed by atoms with van der Waals surface area (Å²) in [6, 6.07) is 3.71. The van der Waals surface area contributed by atoms with Gasteiger partial charge in [0.05, 0.1) is 13.2 Å². The van der Waals surface area contributed by atoms with Gasteiger partial charge in [0.2, 0.25) is 5.41 Å². The van der Waals surface area contributed by atoms with Crippen LogP contribution in [0.2, 0.25) is 0 Å². The lowest BCUT2D eigenvalue weighted by atomic mass is 9.75. The Bertz CT molecular complexity index is 562. The van der Waals surface area contributed by atoms with E-state index in [1.807, 2.05) is 17.5 Å². The van der Waals surface area contributed by atoms with E-state index in [4.69, 9.17) is 14.2 Å². The topological polar surface area (TPSA) is 61.8 Å². The van der Waals surface area contributed by atoms with E-state index >= 15 is 0 Å². The van der Waals surface area contributed by atoms with Crippen LogP contribution in [0.25, 0.3) is 0 Å². The molecule has 3 heterocycles. The van der Waals surface area contributed by atoms with Crippen molar-refractivity contribution < 1.29 is 23.8 Å². The molecule has 1 aromatic rings. The minimum Gasteiger partial charge on any atom is -0.465 e. The predicted octanol–water partition coefficient (Wildman–Crippen LogP) is 1.85. The minimum absolute atomic E-state index is 0.176. The maximum absolute atomic E-state index is 12.5. The average Bonchev–Trinajstić information content (AvgIpc) is 3.06. The maximum Gasteiger partial charge on any atom is 0.331 e. The number of fused-ring (bicyclic) bond motifs is 1. The number of rotatable bonds is 3. The Balaban J connectivity index is 2.12. The Kier molecular flexibility index (Phi) is 3.35. The third-order valence-corrected chi connectivity index (χ3v) is 4.49. The second kappa shape index (κ2) is 5.03. The highest BCUT2D eigenvalue weighted by atomic mass is 32.1. The minimum atomic E-state index is -1.47. The SMILES string of the molecule is CCOC(=O)C12C(=O)OCC=C1COC2c1cccs1. The first-order chi connectivity index (χ1) is 9.71. The lowest BCUT2D eigenvalue weighted by Crippen LogP contribution is -2.47. The third-order valence-electron chi connectivity index (χ3n) is 3.57. The van der Waals surface area contributed by atoms with E-state index in [0.717, 1.165) is 4.88 Å². The number of ether oxygens (including phenoxy) is 3. The molecule has 0 amide bonds. The van der Waals surface area contributed by atoms with Crippen LogP contribution in [-0.4, -0.2) is 31.8 Å². The molecular formula is C14H14O5S. The Morgan fingerprint density at radius 2 is 2.45 bits per heavy atom. The van der Waals surface area contributed by atoms with E-state index < -0.39 is 23.5 Å². The molecule has 0 bridgehead atoms. The molecule has 106 valence electrons. The molecule has 0 aromatic carbocycles. The molecule has 20 heavy (non-hydrogen) atoms. The molecule has 1 saturated heterocycles. The number of carbonyl (C=O) groups is 2. The summed E-state index contributed by atoms with van der Waals surface area (Å²) in [5, 5.41) is 1.88. The number of hydrogen-bond acceptors (Lipinski definition) is 6. The number of cyclic esters (lactones) is 1. The summed E-state index contributed by atoms with van der Waals surface area (Å²) in [6.45, 7) is 2.34. The summed E-state index contributed by atoms with van der Waals surface area (Å²) >= 11 is 1.44. The largest absolute Gasteiger partial charge is 0.465 e. The van der Waals surface area contributed by atoms with Crippen molar-refractivity contribution in [2.45, 2.75) is 13.0 Å². The van der Waals surface area contributed by atoms with Gasteiger partial charge in [-0.1, -0.05) is 6.07 Å². The van der Waals surface area contributed by atoms with Crippen LogP contribution in [0.5, 0.6) is 0 Å². The summed E-state index contributed by atoms with van der Waals surface area (Å²) < 4.78 is 16.0. The smallest absolute Gasteiger partial charge is 0.331 e. The third kappa shape index (κ3) is 1.72. The molecule has 2 aliphatic heterocycles. The lowest BCUT2D eigenvalue weighted by molar-refractivity contribution is -0.174. The molecule has 3 rings (SSSR count). The van der Waals surface area contributed by atoms with Crippen molar-refractivity contribution in [3.8, 4) is 0 Å². The van der Waals surface area contributed by atoms with Gasteiger partial charge in [-0.2, -0.15) is 0 Å². The van der Waals surface area contributed by atoms with Gasteiger partial charge in [0.15, 0.2) is 0 Å². The Labute approximate surface area is 120 Å². The molecule has 0 N–H and O–H groups in total. The quantitative estimate of drug-likeness (QED) is 0.484. The van der Waals surface area contributed by atoms with Crippen LogP contribution in [-0.2, 0) is 23.8 Å². The first kappa shape index (κ1) is 13.3. The van der Waals surface area contributed by atoms with Crippen molar-refractivity contribution >= 4 is 23.3 Å². The van der Waals surface area contributed by atoms with Gasteiger partial charge in [0.1, 0.15) is 12.7 Å². The second-order valence-electron chi connectivity index (χ2n) is 4.56. The monoisotopic (exact) mass is 294 g/mol. The molecular weight excluding hydrogens is 280 g/mol. The van der Waals surface area contributed by atoms with Crippen molar-refractivity contribution in [3.05, 3.63) is 34.0 Å². The normalized spacial score (nSPS) is 28.6. The molecule has 2 aliphatic rings. The standard InChI is InChI=1S/C14H14O5S/c1-2-17-12(15)14-9(5-6-18-13(14)16)8-19-11(14)10-4-3-7-20-10/h3-5,7,11H,2,6,8H2,1H3. The Morgan fingerprint density at radius 1 is 1.60 bits per heavy atom. The zero-order chi connectivity index (χ0) is 14.2. The van der Waals surface area contributed by atoms with E-state index in [1.54, 1.807) is 13.0 Å². The van der Waals surface area contributed by atoms with Crippen LogP contribution in [0, 0.1) is 5.41 Å². The molecule has 0 radical (unpaired) electrons. The van der Waals surface area contributed by atoms with Crippen LogP contribution < -0.4 is 0 Å². The first-order valence-corrected chi connectivity index (χ1v) is 7.28. The van der Waals surface area contributed by atoms with Crippen LogP contribution in [0.1, 0.15) is 17.9 Å². The highest BCUT2D eigenvalue weighted by molar-refractivity contribution is 7.10. The van der Waals surface area contributed by atoms with Crippen molar-refractivity contribution in [2.75, 3.05) is 19.8 Å². The van der Waals surface area contributed by atoms with Crippen LogP contribution in [0.15, 0.2) is 29.2 Å². The molecule has 0 spiro atoms. The molecule has 0 saturated carbocycles. The summed E-state index contributed by atoms with van der Waals surface area (Å²) in [6.07, 6.45) is 1.08. The van der Waals surface area contributed by atoms with E-state index in [1.165, 1.54) is 11.3 Å². The van der Waals surface area contributed by atoms with E-state index in [-0.39, 0.29) is 19.8 Å². The predicted molar refractivity (Wildman–Crippen MR) is 71.1 cm³/mol. The average molecular weight is 294 g/mol. The Morgan fingerprint density at radius 3 is 3.15 bits per heavy atom. The fourth-order valence-electron chi connectivity index (χ4n) is 2.67. The van der Waals surface area contributed by atoms with Crippen LogP contribution in [0.3, 0.4) is 0 Å².